The fraction of sp³-hybridized carbons (Fsp3) is 0.400. The zero-order valence-corrected chi connectivity index (χ0v) is 8.71. The van der Waals surface area contributed by atoms with Gasteiger partial charge in [-0.25, -0.2) is 4.39 Å². The molecule has 0 bridgehead atoms. The van der Waals surface area contributed by atoms with Crippen LogP contribution in [0.25, 0.3) is 10.4 Å². The SMILES string of the molecule is Cc1cc(F)cc(C(O)C(O)CN=[N+]=[N-])c1. The Balaban J connectivity index is 2.86. The number of nitrogens with zero attached hydrogens (tertiary/aromatic N) is 3. The third kappa shape index (κ3) is 3.20. The highest BCUT2D eigenvalue weighted by molar-refractivity contribution is 5.26. The lowest BCUT2D eigenvalue weighted by molar-refractivity contribution is 0.0242. The molecule has 1 rings (SSSR count). The Kier molecular flexibility index (Phi) is 4.25. The van der Waals surface area contributed by atoms with Crippen LogP contribution >= 0.6 is 0 Å². The van der Waals surface area contributed by atoms with E-state index in [1.165, 1.54) is 6.07 Å². The molecule has 86 valence electrons. The van der Waals surface area contributed by atoms with Gasteiger partial charge in [-0.3, -0.25) is 0 Å². The van der Waals surface area contributed by atoms with Crippen molar-refractivity contribution in [2.75, 3.05) is 6.54 Å². The Morgan fingerprint density at radius 2 is 2.12 bits per heavy atom. The molecule has 0 saturated heterocycles. The first-order valence-electron chi connectivity index (χ1n) is 4.68. The summed E-state index contributed by atoms with van der Waals surface area (Å²) in [6, 6.07) is 4.01. The number of halogens is 1. The lowest BCUT2D eigenvalue weighted by Crippen LogP contribution is -2.21. The van der Waals surface area contributed by atoms with E-state index in [0.717, 1.165) is 6.07 Å². The predicted molar refractivity (Wildman–Crippen MR) is 56.1 cm³/mol. The second-order valence-corrected chi connectivity index (χ2v) is 3.49. The summed E-state index contributed by atoms with van der Waals surface area (Å²) in [7, 11) is 0. The zero-order valence-electron chi connectivity index (χ0n) is 8.71. The summed E-state index contributed by atoms with van der Waals surface area (Å²) in [4.78, 5) is 2.47. The highest BCUT2D eigenvalue weighted by Crippen LogP contribution is 2.19. The van der Waals surface area contributed by atoms with Gasteiger partial charge in [0.15, 0.2) is 0 Å². The van der Waals surface area contributed by atoms with Crippen molar-refractivity contribution in [1.82, 2.24) is 0 Å². The molecule has 0 aliphatic rings. The minimum atomic E-state index is -1.26. The van der Waals surface area contributed by atoms with E-state index in [0.29, 0.717) is 5.56 Å². The van der Waals surface area contributed by atoms with Gasteiger partial charge in [-0.2, -0.15) is 0 Å². The van der Waals surface area contributed by atoms with E-state index in [9.17, 15) is 14.6 Å². The lowest BCUT2D eigenvalue weighted by atomic mass is 10.0. The summed E-state index contributed by atoms with van der Waals surface area (Å²) < 4.78 is 13.0. The van der Waals surface area contributed by atoms with Crippen LogP contribution < -0.4 is 0 Å². The van der Waals surface area contributed by atoms with Crippen LogP contribution in [0.2, 0.25) is 0 Å². The van der Waals surface area contributed by atoms with Crippen molar-refractivity contribution in [1.29, 1.82) is 0 Å². The summed E-state index contributed by atoms with van der Waals surface area (Å²) in [6.07, 6.45) is -2.50. The fourth-order valence-electron chi connectivity index (χ4n) is 1.38. The maximum Gasteiger partial charge on any atom is 0.123 e. The Bertz CT molecular complexity index is 398. The molecular weight excluding hydrogens is 213 g/mol. The second-order valence-electron chi connectivity index (χ2n) is 3.49. The van der Waals surface area contributed by atoms with Gasteiger partial charge in [-0.1, -0.05) is 11.2 Å². The molecule has 1 aromatic rings. The van der Waals surface area contributed by atoms with E-state index in [1.807, 2.05) is 0 Å². The lowest BCUT2D eigenvalue weighted by Gasteiger charge is -2.16. The van der Waals surface area contributed by atoms with Gasteiger partial charge in [-0.15, -0.1) is 0 Å². The van der Waals surface area contributed by atoms with Crippen molar-refractivity contribution in [3.05, 3.63) is 45.6 Å². The smallest absolute Gasteiger partial charge is 0.123 e. The molecule has 5 nitrogen and oxygen atoms in total. The van der Waals surface area contributed by atoms with Crippen molar-refractivity contribution in [3.8, 4) is 0 Å². The average molecular weight is 225 g/mol. The summed E-state index contributed by atoms with van der Waals surface area (Å²) >= 11 is 0. The van der Waals surface area contributed by atoms with Crippen LogP contribution in [0.5, 0.6) is 0 Å². The molecular formula is C10H12FN3O2. The third-order valence-electron chi connectivity index (χ3n) is 2.10. The number of aryl methyl sites for hydroxylation is 1. The molecule has 2 atom stereocenters. The van der Waals surface area contributed by atoms with E-state index in [2.05, 4.69) is 10.0 Å². The number of azide groups is 1. The van der Waals surface area contributed by atoms with Crippen LogP contribution in [0.15, 0.2) is 23.3 Å². The van der Waals surface area contributed by atoms with E-state index < -0.39 is 18.0 Å². The van der Waals surface area contributed by atoms with E-state index >= 15 is 0 Å². The number of rotatable bonds is 4. The van der Waals surface area contributed by atoms with E-state index in [4.69, 9.17) is 5.53 Å². The Hall–Kier alpha value is -1.62. The maximum absolute atomic E-state index is 13.0. The summed E-state index contributed by atoms with van der Waals surface area (Å²) in [5.74, 6) is -0.481. The molecule has 0 amide bonds. The highest BCUT2D eigenvalue weighted by atomic mass is 19.1. The molecule has 2 N–H and O–H groups in total. The Morgan fingerprint density at radius 1 is 1.44 bits per heavy atom. The minimum absolute atomic E-state index is 0.257. The van der Waals surface area contributed by atoms with Crippen LogP contribution in [0.1, 0.15) is 17.2 Å². The van der Waals surface area contributed by atoms with Crippen molar-refractivity contribution >= 4 is 0 Å². The van der Waals surface area contributed by atoms with Gasteiger partial charge in [0, 0.05) is 4.91 Å². The number of aliphatic hydroxyl groups is 2. The fourth-order valence-corrected chi connectivity index (χ4v) is 1.38. The largest absolute Gasteiger partial charge is 0.390 e. The van der Waals surface area contributed by atoms with Gasteiger partial charge in [0.25, 0.3) is 0 Å². The van der Waals surface area contributed by atoms with Gasteiger partial charge in [0.05, 0.1) is 12.6 Å². The van der Waals surface area contributed by atoms with Gasteiger partial charge in [0.1, 0.15) is 11.9 Å². The topological polar surface area (TPSA) is 89.2 Å². The first-order chi connectivity index (χ1) is 7.54. The maximum atomic E-state index is 13.0. The van der Waals surface area contributed by atoms with Crippen LogP contribution in [0.3, 0.4) is 0 Å². The zero-order chi connectivity index (χ0) is 12.1. The second kappa shape index (κ2) is 5.46. The molecule has 0 aliphatic heterocycles. The van der Waals surface area contributed by atoms with Crippen molar-refractivity contribution < 1.29 is 14.6 Å². The molecule has 0 radical (unpaired) electrons. The monoisotopic (exact) mass is 225 g/mol. The molecule has 16 heavy (non-hydrogen) atoms. The molecule has 0 spiro atoms. The molecule has 0 saturated carbocycles. The first kappa shape index (κ1) is 12.4. The van der Waals surface area contributed by atoms with Crippen molar-refractivity contribution in [2.45, 2.75) is 19.1 Å². The van der Waals surface area contributed by atoms with E-state index in [-0.39, 0.29) is 12.1 Å². The third-order valence-corrected chi connectivity index (χ3v) is 2.10. The van der Waals surface area contributed by atoms with Gasteiger partial charge in [-0.05, 0) is 35.7 Å². The highest BCUT2D eigenvalue weighted by Gasteiger charge is 2.18. The Morgan fingerprint density at radius 3 is 2.69 bits per heavy atom. The van der Waals surface area contributed by atoms with Gasteiger partial charge >= 0.3 is 0 Å². The standard InChI is InChI=1S/C10H12FN3O2/c1-6-2-7(4-8(11)3-6)10(16)9(15)5-13-14-12/h2-4,9-10,15-16H,5H2,1H3. The van der Waals surface area contributed by atoms with Gasteiger partial charge in [0.2, 0.25) is 0 Å². The van der Waals surface area contributed by atoms with Crippen molar-refractivity contribution in [3.63, 3.8) is 0 Å². The Labute approximate surface area is 91.8 Å². The number of aliphatic hydroxyl groups excluding tert-OH is 2. The first-order valence-corrected chi connectivity index (χ1v) is 4.68. The molecule has 0 aliphatic carbocycles. The minimum Gasteiger partial charge on any atom is -0.390 e. The van der Waals surface area contributed by atoms with Crippen molar-refractivity contribution in [2.24, 2.45) is 5.11 Å². The molecule has 0 heterocycles. The van der Waals surface area contributed by atoms with E-state index in [1.54, 1.807) is 13.0 Å². The van der Waals surface area contributed by atoms with Gasteiger partial charge < -0.3 is 10.2 Å². The van der Waals surface area contributed by atoms with Crippen LogP contribution in [-0.4, -0.2) is 22.9 Å². The summed E-state index contributed by atoms with van der Waals surface area (Å²) in [5, 5.41) is 22.3. The quantitative estimate of drug-likeness (QED) is 0.465. The van der Waals surface area contributed by atoms with Crippen LogP contribution in [0, 0.1) is 12.7 Å². The summed E-state index contributed by atoms with van der Waals surface area (Å²) in [5.41, 5.74) is 8.97. The number of benzene rings is 1. The normalized spacial score (nSPS) is 14.0. The average Bonchev–Trinajstić information content (AvgIpc) is 2.23. The number of hydrogen-bond donors (Lipinski definition) is 2. The predicted octanol–water partition coefficient (Wildman–Crippen LogP) is 1.84. The molecule has 0 fully saturated rings. The summed E-state index contributed by atoms with van der Waals surface area (Å²) in [6.45, 7) is 1.42. The molecule has 6 heteroatoms. The molecule has 1 aromatic carbocycles. The molecule has 2 unspecified atom stereocenters. The molecule has 0 aromatic heterocycles. The number of hydrogen-bond acceptors (Lipinski definition) is 3. The van der Waals surface area contributed by atoms with Crippen LogP contribution in [-0.2, 0) is 0 Å². The van der Waals surface area contributed by atoms with Crippen LogP contribution in [0.4, 0.5) is 4.39 Å².